The highest BCUT2D eigenvalue weighted by atomic mass is 35.5. The molecule has 8 heteroatoms. The molecule has 1 heterocycles. The van der Waals surface area contributed by atoms with Gasteiger partial charge in [0.05, 0.1) is 6.61 Å². The Balaban J connectivity index is 0.00000385. The summed E-state index contributed by atoms with van der Waals surface area (Å²) >= 11 is 0. The number of aryl methyl sites for hydroxylation is 1. The van der Waals surface area contributed by atoms with E-state index in [0.29, 0.717) is 18.8 Å². The normalized spacial score (nSPS) is 14.2. The first-order valence-electron chi connectivity index (χ1n) is 11.4. The number of anilines is 1. The van der Waals surface area contributed by atoms with Gasteiger partial charge in [-0.05, 0) is 86.8 Å². The van der Waals surface area contributed by atoms with Crippen LogP contribution in [0.1, 0.15) is 49.4 Å². The van der Waals surface area contributed by atoms with Crippen molar-refractivity contribution in [3.05, 3.63) is 59.2 Å². The van der Waals surface area contributed by atoms with Gasteiger partial charge in [-0.25, -0.2) is 4.79 Å². The van der Waals surface area contributed by atoms with Gasteiger partial charge in [-0.15, -0.1) is 12.4 Å². The lowest BCUT2D eigenvalue weighted by atomic mass is 10.0. The number of rotatable bonds is 11. The Hall–Kier alpha value is -2.77. The summed E-state index contributed by atoms with van der Waals surface area (Å²) in [5.41, 5.74) is 8.82. The molecule has 2 aromatic rings. The van der Waals surface area contributed by atoms with Crippen molar-refractivity contribution in [3.63, 3.8) is 0 Å². The summed E-state index contributed by atoms with van der Waals surface area (Å²) in [5, 5.41) is 10.8. The molecule has 1 fully saturated rings. The predicted molar refractivity (Wildman–Crippen MR) is 135 cm³/mol. The first kappa shape index (κ1) is 26.5. The molecule has 0 saturated carbocycles. The largest absolute Gasteiger partial charge is 0.492 e. The maximum Gasteiger partial charge on any atom is 0.333 e. The summed E-state index contributed by atoms with van der Waals surface area (Å²) in [6, 6.07) is 12.4. The van der Waals surface area contributed by atoms with Crippen molar-refractivity contribution in [2.24, 2.45) is 5.73 Å². The number of nitrogens with zero attached hydrogens (tertiary/aromatic N) is 1. The molecule has 4 N–H and O–H groups in total. The number of hydrogen-bond acceptors (Lipinski definition) is 6. The molecule has 0 radical (unpaired) electrons. The summed E-state index contributed by atoms with van der Waals surface area (Å²) in [4.78, 5) is 15.3. The molecule has 3 rings (SSSR count). The van der Waals surface area contributed by atoms with E-state index < -0.39 is 6.04 Å². The Labute approximate surface area is 202 Å². The van der Waals surface area contributed by atoms with Crippen LogP contribution in [0.2, 0.25) is 0 Å². The van der Waals surface area contributed by atoms with Gasteiger partial charge in [0.25, 0.3) is 0 Å². The second kappa shape index (κ2) is 13.1. The van der Waals surface area contributed by atoms with Crippen LogP contribution in [0.25, 0.3) is 0 Å². The van der Waals surface area contributed by atoms with Crippen LogP contribution in [0.3, 0.4) is 0 Å². The number of amidine groups is 1. The maximum atomic E-state index is 12.8. The van der Waals surface area contributed by atoms with Crippen LogP contribution in [0, 0.1) is 5.41 Å². The minimum absolute atomic E-state index is 0. The van der Waals surface area contributed by atoms with Crippen molar-refractivity contribution in [3.8, 4) is 5.75 Å². The average Bonchev–Trinajstić information content (AvgIpc) is 3.31. The number of halogens is 1. The van der Waals surface area contributed by atoms with Crippen LogP contribution in [0.15, 0.2) is 42.5 Å². The van der Waals surface area contributed by atoms with Crippen molar-refractivity contribution < 1.29 is 14.3 Å². The predicted octanol–water partition coefficient (Wildman–Crippen LogP) is 4.15. The molecular formula is C25H35ClN4O3. The third-order valence-corrected chi connectivity index (χ3v) is 5.63. The summed E-state index contributed by atoms with van der Waals surface area (Å²) < 4.78 is 11.4. The van der Waals surface area contributed by atoms with Crippen LogP contribution in [0.5, 0.6) is 5.75 Å². The van der Waals surface area contributed by atoms with Crippen molar-refractivity contribution in [1.82, 2.24) is 4.90 Å². The van der Waals surface area contributed by atoms with E-state index in [-0.39, 0.29) is 24.2 Å². The second-order valence-electron chi connectivity index (χ2n) is 7.98. The van der Waals surface area contributed by atoms with Crippen LogP contribution < -0.4 is 15.8 Å². The summed E-state index contributed by atoms with van der Waals surface area (Å²) in [6.07, 6.45) is 3.35. The first-order chi connectivity index (χ1) is 15.5. The second-order valence-corrected chi connectivity index (χ2v) is 7.98. The van der Waals surface area contributed by atoms with Gasteiger partial charge in [0.1, 0.15) is 18.2 Å². The Bertz CT molecular complexity index is 914. The van der Waals surface area contributed by atoms with Crippen molar-refractivity contribution in [2.75, 3.05) is 38.2 Å². The van der Waals surface area contributed by atoms with Crippen LogP contribution >= 0.6 is 12.4 Å². The molecule has 1 saturated heterocycles. The van der Waals surface area contributed by atoms with Crippen molar-refractivity contribution in [2.45, 2.75) is 39.2 Å². The number of nitrogens with two attached hydrogens (primary N) is 1. The average molecular weight is 475 g/mol. The highest BCUT2D eigenvalue weighted by Gasteiger charge is 2.23. The minimum atomic E-state index is -0.675. The lowest BCUT2D eigenvalue weighted by Gasteiger charge is -2.21. The standard InChI is InChI=1S/C25H34N4O3.ClH/c1-3-18-15-20(17-22(16-18)32-14-13-29-11-5-6-12-29)23(25(30)31-4-2)28-21-9-7-19(8-10-21)24(26)27;/h7-10,15-17,23,28H,3-6,11-14H2,1-2H3,(H3,26,27);1H. The maximum absolute atomic E-state index is 12.8. The number of benzene rings is 2. The molecule has 0 bridgehead atoms. The van der Waals surface area contributed by atoms with Gasteiger partial charge < -0.3 is 20.5 Å². The van der Waals surface area contributed by atoms with E-state index in [4.69, 9.17) is 20.6 Å². The number of carbonyl (C=O) groups excluding carboxylic acids is 1. The lowest BCUT2D eigenvalue weighted by Crippen LogP contribution is -2.25. The Morgan fingerprint density at radius 3 is 2.45 bits per heavy atom. The van der Waals surface area contributed by atoms with E-state index >= 15 is 0 Å². The molecule has 0 spiro atoms. The number of ether oxygens (including phenoxy) is 2. The minimum Gasteiger partial charge on any atom is -0.492 e. The van der Waals surface area contributed by atoms with Crippen LogP contribution in [-0.2, 0) is 16.0 Å². The summed E-state index contributed by atoms with van der Waals surface area (Å²) in [7, 11) is 0. The molecule has 7 nitrogen and oxygen atoms in total. The molecule has 0 aromatic heterocycles. The van der Waals surface area contributed by atoms with Crippen molar-refractivity contribution >= 4 is 29.9 Å². The molecule has 180 valence electrons. The number of likely N-dealkylation sites (tertiary alicyclic amines) is 1. The summed E-state index contributed by atoms with van der Waals surface area (Å²) in [6.45, 7) is 7.99. The molecule has 1 aliphatic rings. The fourth-order valence-corrected chi connectivity index (χ4v) is 3.86. The SMILES string of the molecule is CCOC(=O)C(Nc1ccc(C(=N)N)cc1)c1cc(CC)cc(OCCN2CCCC2)c1.Cl. The quantitative estimate of drug-likeness (QED) is 0.257. The molecule has 0 amide bonds. The van der Waals surface area contributed by atoms with Gasteiger partial charge >= 0.3 is 5.97 Å². The fraction of sp³-hybridized carbons (Fsp3) is 0.440. The topological polar surface area (TPSA) is 101 Å². The third kappa shape index (κ3) is 7.65. The molecule has 0 aliphatic carbocycles. The highest BCUT2D eigenvalue weighted by molar-refractivity contribution is 5.95. The van der Waals surface area contributed by atoms with E-state index in [1.54, 1.807) is 31.2 Å². The van der Waals surface area contributed by atoms with Gasteiger partial charge in [0, 0.05) is 17.8 Å². The number of nitrogen functional groups attached to an aromatic ring is 1. The monoisotopic (exact) mass is 474 g/mol. The van der Waals surface area contributed by atoms with E-state index in [9.17, 15) is 4.79 Å². The van der Waals surface area contributed by atoms with Crippen LogP contribution in [0.4, 0.5) is 5.69 Å². The zero-order valence-electron chi connectivity index (χ0n) is 19.4. The zero-order valence-corrected chi connectivity index (χ0v) is 20.2. The Morgan fingerprint density at radius 1 is 1.15 bits per heavy atom. The highest BCUT2D eigenvalue weighted by Crippen LogP contribution is 2.27. The Kier molecular flexibility index (Phi) is 10.5. The number of esters is 1. The number of nitrogens with one attached hydrogen (secondary N) is 2. The fourth-order valence-electron chi connectivity index (χ4n) is 3.86. The summed E-state index contributed by atoms with van der Waals surface area (Å²) in [5.74, 6) is 0.422. The van der Waals surface area contributed by atoms with Gasteiger partial charge in [-0.1, -0.05) is 13.0 Å². The lowest BCUT2D eigenvalue weighted by molar-refractivity contribution is -0.144. The van der Waals surface area contributed by atoms with Gasteiger partial charge in [-0.3, -0.25) is 10.3 Å². The molecule has 33 heavy (non-hydrogen) atoms. The third-order valence-electron chi connectivity index (χ3n) is 5.63. The van der Waals surface area contributed by atoms with E-state index in [0.717, 1.165) is 48.6 Å². The Morgan fingerprint density at radius 2 is 1.85 bits per heavy atom. The van der Waals surface area contributed by atoms with E-state index in [1.165, 1.54) is 12.8 Å². The number of hydrogen-bond donors (Lipinski definition) is 3. The molecule has 2 aromatic carbocycles. The van der Waals surface area contributed by atoms with Gasteiger partial charge in [-0.2, -0.15) is 0 Å². The van der Waals surface area contributed by atoms with Gasteiger partial charge in [0.15, 0.2) is 6.04 Å². The smallest absolute Gasteiger partial charge is 0.333 e. The molecule has 1 unspecified atom stereocenters. The van der Waals surface area contributed by atoms with Crippen LogP contribution in [-0.4, -0.2) is 49.6 Å². The molecule has 1 aliphatic heterocycles. The zero-order chi connectivity index (χ0) is 22.9. The van der Waals surface area contributed by atoms with Crippen molar-refractivity contribution in [1.29, 1.82) is 5.41 Å². The van der Waals surface area contributed by atoms with E-state index in [1.807, 2.05) is 18.2 Å². The number of carbonyl (C=O) groups is 1. The molecule has 1 atom stereocenters. The van der Waals surface area contributed by atoms with E-state index in [2.05, 4.69) is 17.1 Å². The first-order valence-corrected chi connectivity index (χ1v) is 11.4. The van der Waals surface area contributed by atoms with Gasteiger partial charge in [0.2, 0.25) is 0 Å². The molecular weight excluding hydrogens is 440 g/mol.